The van der Waals surface area contributed by atoms with E-state index in [1.165, 1.54) is 0 Å². The van der Waals surface area contributed by atoms with Crippen LogP contribution in [0.2, 0.25) is 5.02 Å². The second kappa shape index (κ2) is 8.72. The van der Waals surface area contributed by atoms with Gasteiger partial charge < -0.3 is 14.2 Å². The first-order valence-electron chi connectivity index (χ1n) is 11.3. The first-order valence-corrected chi connectivity index (χ1v) is 11.6. The zero-order chi connectivity index (χ0) is 23.9. The highest BCUT2D eigenvalue weighted by Gasteiger charge is 2.38. The van der Waals surface area contributed by atoms with Gasteiger partial charge in [-0.15, -0.1) is 0 Å². The zero-order valence-electron chi connectivity index (χ0n) is 19.5. The van der Waals surface area contributed by atoms with E-state index in [0.717, 1.165) is 46.4 Å². The third-order valence-electron chi connectivity index (χ3n) is 6.39. The second-order valence-corrected chi connectivity index (χ2v) is 9.72. The van der Waals surface area contributed by atoms with Crippen molar-refractivity contribution in [3.63, 3.8) is 0 Å². The number of fused-ring (bicyclic) bond motifs is 1. The van der Waals surface area contributed by atoms with Crippen molar-refractivity contribution in [2.45, 2.75) is 40.3 Å². The summed E-state index contributed by atoms with van der Waals surface area (Å²) in [4.78, 5) is 27.8. The van der Waals surface area contributed by atoms with E-state index in [0.29, 0.717) is 17.3 Å². The Morgan fingerprint density at radius 2 is 2.06 bits per heavy atom. The van der Waals surface area contributed by atoms with Crippen LogP contribution in [0, 0.1) is 12.3 Å². The van der Waals surface area contributed by atoms with Gasteiger partial charge in [0.05, 0.1) is 17.0 Å². The Morgan fingerprint density at radius 1 is 1.21 bits per heavy atom. The summed E-state index contributed by atoms with van der Waals surface area (Å²) < 4.78 is 8.25. The minimum Gasteiger partial charge on any atom is -0.487 e. The van der Waals surface area contributed by atoms with Crippen LogP contribution in [0.4, 0.5) is 0 Å². The molecule has 8 heteroatoms. The van der Waals surface area contributed by atoms with Crippen molar-refractivity contribution in [1.29, 1.82) is 0 Å². The lowest BCUT2D eigenvalue weighted by atomic mass is 9.92. The van der Waals surface area contributed by atoms with Crippen LogP contribution in [0.1, 0.15) is 37.1 Å². The number of pyridine rings is 2. The predicted octanol–water partition coefficient (Wildman–Crippen LogP) is 5.11. The molecule has 0 spiro atoms. The fourth-order valence-corrected chi connectivity index (χ4v) is 4.65. The lowest BCUT2D eigenvalue weighted by Crippen LogP contribution is -2.31. The molecular weight excluding hydrogens is 450 g/mol. The number of carbonyl (C=O) groups excluding carboxylic acids is 1. The van der Waals surface area contributed by atoms with Gasteiger partial charge in [0.2, 0.25) is 5.91 Å². The topological polar surface area (TPSA) is 73.1 Å². The molecule has 0 aliphatic carbocycles. The number of likely N-dealkylation sites (tertiary alicyclic amines) is 1. The number of hydrogen-bond acceptors (Lipinski definition) is 5. The third-order valence-corrected chi connectivity index (χ3v) is 6.72. The molecule has 1 aromatic carbocycles. The number of ether oxygens (including phenoxy) is 1. The van der Waals surface area contributed by atoms with Crippen LogP contribution in [0.15, 0.2) is 55.4 Å². The number of amides is 1. The van der Waals surface area contributed by atoms with Crippen LogP contribution in [0.5, 0.6) is 5.75 Å². The highest BCUT2D eigenvalue weighted by Crippen LogP contribution is 2.34. The Morgan fingerprint density at radius 3 is 2.79 bits per heavy atom. The molecule has 0 bridgehead atoms. The van der Waals surface area contributed by atoms with Crippen molar-refractivity contribution >= 4 is 28.4 Å². The van der Waals surface area contributed by atoms with Gasteiger partial charge >= 0.3 is 0 Å². The van der Waals surface area contributed by atoms with Gasteiger partial charge in [-0.1, -0.05) is 37.6 Å². The van der Waals surface area contributed by atoms with Gasteiger partial charge in [-0.2, -0.15) is 0 Å². The molecule has 0 saturated carbocycles. The van der Waals surface area contributed by atoms with Crippen molar-refractivity contribution in [3.8, 4) is 11.4 Å². The summed E-state index contributed by atoms with van der Waals surface area (Å²) in [5, 5.41) is 1.49. The quantitative estimate of drug-likeness (QED) is 0.387. The highest BCUT2D eigenvalue weighted by atomic mass is 35.5. The molecule has 4 aromatic rings. The molecule has 1 aliphatic rings. The van der Waals surface area contributed by atoms with Gasteiger partial charge in [0, 0.05) is 59.9 Å². The molecule has 174 valence electrons. The third kappa shape index (κ3) is 4.12. The SMILES string of the molecule is Cc1cc(-n2ccnc2)c2cccc(OCc3c(Cl)cncc3CN3CCC(C)(C)C3=O)c2n1. The number of carbonyl (C=O) groups is 1. The highest BCUT2D eigenvalue weighted by molar-refractivity contribution is 6.31. The Balaban J connectivity index is 1.45. The molecule has 5 rings (SSSR count). The van der Waals surface area contributed by atoms with Crippen LogP contribution in [-0.2, 0) is 17.9 Å². The van der Waals surface area contributed by atoms with E-state index >= 15 is 0 Å². The predicted molar refractivity (Wildman–Crippen MR) is 131 cm³/mol. The summed E-state index contributed by atoms with van der Waals surface area (Å²) in [6.07, 6.45) is 9.65. The normalized spacial score (nSPS) is 15.3. The fourth-order valence-electron chi connectivity index (χ4n) is 4.42. The largest absolute Gasteiger partial charge is 0.487 e. The Kier molecular flexibility index (Phi) is 5.73. The fraction of sp³-hybridized carbons (Fsp3) is 0.308. The van der Waals surface area contributed by atoms with Gasteiger partial charge in [0.25, 0.3) is 0 Å². The van der Waals surface area contributed by atoms with Gasteiger partial charge in [0.1, 0.15) is 17.9 Å². The molecule has 1 amide bonds. The number of halogens is 1. The zero-order valence-corrected chi connectivity index (χ0v) is 20.2. The number of rotatable bonds is 6. The van der Waals surface area contributed by atoms with Gasteiger partial charge in [-0.3, -0.25) is 9.78 Å². The second-order valence-electron chi connectivity index (χ2n) is 9.31. The standard InChI is InChI=1S/C26H26ClN5O2/c1-17-11-22(32-10-8-28-16-32)19-5-4-6-23(24(19)30-17)34-15-20-18(12-29-13-21(20)27)14-31-9-7-26(2,3)25(31)33/h4-6,8,10-13,16H,7,9,14-15H2,1-3H3. The van der Waals surface area contributed by atoms with E-state index in [2.05, 4.69) is 9.97 Å². The van der Waals surface area contributed by atoms with E-state index in [1.807, 2.05) is 60.7 Å². The summed E-state index contributed by atoms with van der Waals surface area (Å²) in [6.45, 7) is 7.38. The summed E-state index contributed by atoms with van der Waals surface area (Å²) in [6, 6.07) is 7.92. The Labute approximate surface area is 203 Å². The molecule has 1 fully saturated rings. The number of nitrogens with zero attached hydrogens (tertiary/aromatic N) is 5. The van der Waals surface area contributed by atoms with Crippen LogP contribution in [0.3, 0.4) is 0 Å². The van der Waals surface area contributed by atoms with Gasteiger partial charge in [-0.25, -0.2) is 9.97 Å². The molecule has 0 radical (unpaired) electrons. The number of imidazole rings is 1. The lowest BCUT2D eigenvalue weighted by molar-refractivity contribution is -0.135. The summed E-state index contributed by atoms with van der Waals surface area (Å²) in [5.74, 6) is 0.819. The number of aryl methyl sites for hydroxylation is 1. The average molecular weight is 476 g/mol. The van der Waals surface area contributed by atoms with Crippen LogP contribution >= 0.6 is 11.6 Å². The summed E-state index contributed by atoms with van der Waals surface area (Å²) in [7, 11) is 0. The van der Waals surface area contributed by atoms with E-state index in [4.69, 9.17) is 21.3 Å². The number of aromatic nitrogens is 4. The van der Waals surface area contributed by atoms with Crippen molar-refractivity contribution in [2.24, 2.45) is 5.41 Å². The molecule has 4 heterocycles. The molecule has 1 aliphatic heterocycles. The maximum absolute atomic E-state index is 12.7. The van der Waals surface area contributed by atoms with E-state index in [9.17, 15) is 4.79 Å². The first kappa shape index (κ1) is 22.3. The number of hydrogen-bond donors (Lipinski definition) is 0. The molecule has 7 nitrogen and oxygen atoms in total. The number of benzene rings is 1. The van der Waals surface area contributed by atoms with E-state index in [-0.39, 0.29) is 17.9 Å². The molecule has 0 unspecified atom stereocenters. The smallest absolute Gasteiger partial charge is 0.228 e. The molecule has 34 heavy (non-hydrogen) atoms. The minimum absolute atomic E-state index is 0.153. The average Bonchev–Trinajstić information content (AvgIpc) is 3.43. The Bertz CT molecular complexity index is 1370. The van der Waals surface area contributed by atoms with Crippen molar-refractivity contribution in [2.75, 3.05) is 6.54 Å². The maximum atomic E-state index is 12.7. The van der Waals surface area contributed by atoms with Crippen molar-refractivity contribution < 1.29 is 9.53 Å². The molecule has 0 N–H and O–H groups in total. The lowest BCUT2D eigenvalue weighted by Gasteiger charge is -2.21. The first-order chi connectivity index (χ1) is 16.3. The summed E-state index contributed by atoms with van der Waals surface area (Å²) >= 11 is 6.54. The molecule has 0 atom stereocenters. The Hall–Kier alpha value is -3.45. The number of para-hydroxylation sites is 1. The maximum Gasteiger partial charge on any atom is 0.228 e. The van der Waals surface area contributed by atoms with Gasteiger partial charge in [-0.05, 0) is 31.0 Å². The molecule has 3 aromatic heterocycles. The van der Waals surface area contributed by atoms with Crippen LogP contribution < -0.4 is 4.74 Å². The monoisotopic (exact) mass is 475 g/mol. The van der Waals surface area contributed by atoms with Crippen LogP contribution in [0.25, 0.3) is 16.6 Å². The molecular formula is C26H26ClN5O2. The van der Waals surface area contributed by atoms with E-state index < -0.39 is 0 Å². The van der Waals surface area contributed by atoms with E-state index in [1.54, 1.807) is 24.9 Å². The summed E-state index contributed by atoms with van der Waals surface area (Å²) in [5.41, 5.74) is 4.03. The van der Waals surface area contributed by atoms with Crippen LogP contribution in [-0.4, -0.2) is 36.9 Å². The minimum atomic E-state index is -0.331. The van der Waals surface area contributed by atoms with Crippen molar-refractivity contribution in [1.82, 2.24) is 24.4 Å². The van der Waals surface area contributed by atoms with Crippen molar-refractivity contribution in [3.05, 3.63) is 77.2 Å². The van der Waals surface area contributed by atoms with Gasteiger partial charge in [0.15, 0.2) is 0 Å². The molecule has 1 saturated heterocycles.